The Morgan fingerprint density at radius 2 is 2.00 bits per heavy atom. The lowest BCUT2D eigenvalue weighted by Crippen LogP contribution is -2.46. The first-order valence-electron chi connectivity index (χ1n) is 6.05. The van der Waals surface area contributed by atoms with Gasteiger partial charge in [-0.05, 0) is 18.4 Å². The number of benzene rings is 1. The lowest BCUT2D eigenvalue weighted by Gasteiger charge is -2.14. The van der Waals surface area contributed by atoms with Crippen molar-refractivity contribution >= 4 is 12.0 Å². The third-order valence-corrected chi connectivity index (χ3v) is 2.57. The van der Waals surface area contributed by atoms with Gasteiger partial charge >= 0.3 is 12.0 Å². The highest BCUT2D eigenvalue weighted by Gasteiger charge is 2.19. The maximum absolute atomic E-state index is 11.4. The third kappa shape index (κ3) is 5.72. The van der Waals surface area contributed by atoms with Gasteiger partial charge in [-0.1, -0.05) is 36.4 Å². The van der Waals surface area contributed by atoms with E-state index in [0.717, 1.165) is 5.56 Å². The average Bonchev–Trinajstić information content (AvgIpc) is 2.42. The van der Waals surface area contributed by atoms with Gasteiger partial charge in [-0.2, -0.15) is 0 Å². The molecular formula is C14H18N2O3. The van der Waals surface area contributed by atoms with Crippen molar-refractivity contribution < 1.29 is 14.7 Å². The molecule has 0 radical (unpaired) electrons. The zero-order valence-corrected chi connectivity index (χ0v) is 10.6. The van der Waals surface area contributed by atoms with Gasteiger partial charge in [0.2, 0.25) is 0 Å². The minimum atomic E-state index is -1.04. The highest BCUT2D eigenvalue weighted by Crippen LogP contribution is 2.05. The van der Waals surface area contributed by atoms with E-state index in [4.69, 9.17) is 5.11 Å². The van der Waals surface area contributed by atoms with E-state index in [0.29, 0.717) is 19.4 Å². The number of carboxylic acids is 1. The zero-order valence-electron chi connectivity index (χ0n) is 10.6. The molecule has 102 valence electrons. The summed E-state index contributed by atoms with van der Waals surface area (Å²) in [6.07, 6.45) is 2.47. The molecule has 0 aliphatic rings. The van der Waals surface area contributed by atoms with Crippen LogP contribution in [0.15, 0.2) is 43.0 Å². The Labute approximate surface area is 112 Å². The van der Waals surface area contributed by atoms with E-state index in [1.165, 1.54) is 6.08 Å². The van der Waals surface area contributed by atoms with Crippen LogP contribution in [0.3, 0.4) is 0 Å². The minimum Gasteiger partial charge on any atom is -0.480 e. The fraction of sp³-hybridized carbons (Fsp3) is 0.286. The average molecular weight is 262 g/mol. The monoisotopic (exact) mass is 262 g/mol. The summed E-state index contributed by atoms with van der Waals surface area (Å²) in [7, 11) is 0. The predicted octanol–water partition coefficient (Wildman–Crippen LogP) is 1.56. The molecule has 5 nitrogen and oxygen atoms in total. The fourth-order valence-corrected chi connectivity index (χ4v) is 1.59. The Morgan fingerprint density at radius 1 is 1.32 bits per heavy atom. The van der Waals surface area contributed by atoms with E-state index in [1.807, 2.05) is 30.3 Å². The van der Waals surface area contributed by atoms with Crippen LogP contribution in [0, 0.1) is 0 Å². The van der Waals surface area contributed by atoms with E-state index in [1.54, 1.807) is 0 Å². The summed E-state index contributed by atoms with van der Waals surface area (Å²) in [6, 6.07) is 8.15. The topological polar surface area (TPSA) is 78.4 Å². The van der Waals surface area contributed by atoms with Crippen molar-refractivity contribution in [1.29, 1.82) is 0 Å². The molecular weight excluding hydrogens is 244 g/mol. The molecule has 0 aliphatic carbocycles. The normalized spacial score (nSPS) is 11.4. The Morgan fingerprint density at radius 3 is 2.58 bits per heavy atom. The molecule has 1 aromatic carbocycles. The first kappa shape index (κ1) is 14.8. The molecule has 1 aromatic rings. The van der Waals surface area contributed by atoms with Crippen molar-refractivity contribution in [1.82, 2.24) is 10.6 Å². The van der Waals surface area contributed by atoms with E-state index >= 15 is 0 Å². The number of rotatable bonds is 7. The Hall–Kier alpha value is -2.30. The molecule has 5 heteroatoms. The summed E-state index contributed by atoms with van der Waals surface area (Å²) in [5, 5.41) is 14.0. The van der Waals surface area contributed by atoms with Crippen molar-refractivity contribution in [2.45, 2.75) is 18.9 Å². The third-order valence-electron chi connectivity index (χ3n) is 2.57. The van der Waals surface area contributed by atoms with Gasteiger partial charge in [0.05, 0.1) is 0 Å². The van der Waals surface area contributed by atoms with Gasteiger partial charge in [0, 0.05) is 6.54 Å². The molecule has 1 rings (SSSR count). The largest absolute Gasteiger partial charge is 0.480 e. The van der Waals surface area contributed by atoms with Gasteiger partial charge in [-0.15, -0.1) is 6.58 Å². The molecule has 0 aromatic heterocycles. The second kappa shape index (κ2) is 7.92. The molecule has 0 aliphatic heterocycles. The summed E-state index contributed by atoms with van der Waals surface area (Å²) in [5.74, 6) is -1.04. The van der Waals surface area contributed by atoms with Crippen molar-refractivity contribution in [3.63, 3.8) is 0 Å². The molecule has 0 heterocycles. The zero-order chi connectivity index (χ0) is 14.1. The quantitative estimate of drug-likeness (QED) is 0.652. The van der Waals surface area contributed by atoms with E-state index in [9.17, 15) is 9.59 Å². The summed E-state index contributed by atoms with van der Waals surface area (Å²) >= 11 is 0. The van der Waals surface area contributed by atoms with E-state index in [2.05, 4.69) is 17.2 Å². The molecule has 0 saturated heterocycles. The molecule has 2 amide bonds. The molecule has 1 atom stereocenters. The van der Waals surface area contributed by atoms with Gasteiger partial charge < -0.3 is 15.7 Å². The Kier molecular flexibility index (Phi) is 6.15. The summed E-state index contributed by atoms with van der Waals surface area (Å²) in [4.78, 5) is 22.5. The first-order valence-corrected chi connectivity index (χ1v) is 6.05. The maximum atomic E-state index is 11.4. The van der Waals surface area contributed by atoms with E-state index < -0.39 is 18.0 Å². The standard InChI is InChI=1S/C14H18N2O3/c1-2-10-15-14(19)16-12(13(17)18)9-8-11-6-4-3-5-7-11/h2-7,12H,1,8-10H2,(H,17,18)(H2,15,16,19)/t12-/m0/s1. The van der Waals surface area contributed by atoms with E-state index in [-0.39, 0.29) is 0 Å². The summed E-state index contributed by atoms with van der Waals surface area (Å²) < 4.78 is 0. The van der Waals surface area contributed by atoms with Gasteiger partial charge in [0.1, 0.15) is 6.04 Å². The number of urea groups is 1. The molecule has 0 saturated carbocycles. The molecule has 0 fully saturated rings. The number of carboxylic acid groups (broad SMARTS) is 1. The molecule has 0 bridgehead atoms. The number of hydrogen-bond donors (Lipinski definition) is 3. The SMILES string of the molecule is C=CCNC(=O)N[C@@H](CCc1ccccc1)C(=O)O. The van der Waals surface area contributed by atoms with Crippen molar-refractivity contribution in [3.05, 3.63) is 48.6 Å². The van der Waals surface area contributed by atoms with Crippen molar-refractivity contribution in [2.24, 2.45) is 0 Å². The van der Waals surface area contributed by atoms with Crippen LogP contribution in [0.4, 0.5) is 4.79 Å². The smallest absolute Gasteiger partial charge is 0.326 e. The highest BCUT2D eigenvalue weighted by molar-refractivity contribution is 5.82. The van der Waals surface area contributed by atoms with Crippen LogP contribution in [-0.2, 0) is 11.2 Å². The number of aliphatic carboxylic acids is 1. The number of hydrogen-bond acceptors (Lipinski definition) is 2. The van der Waals surface area contributed by atoms with Crippen LogP contribution in [0.1, 0.15) is 12.0 Å². The number of carbonyl (C=O) groups is 2. The van der Waals surface area contributed by atoms with Gasteiger partial charge in [0.25, 0.3) is 0 Å². The molecule has 0 spiro atoms. The van der Waals surface area contributed by atoms with Crippen LogP contribution in [0.25, 0.3) is 0 Å². The summed E-state index contributed by atoms with van der Waals surface area (Å²) in [5.41, 5.74) is 1.04. The predicted molar refractivity (Wildman–Crippen MR) is 72.9 cm³/mol. The van der Waals surface area contributed by atoms with Gasteiger partial charge in [0.15, 0.2) is 0 Å². The Balaban J connectivity index is 2.47. The number of nitrogens with one attached hydrogen (secondary N) is 2. The Bertz CT molecular complexity index is 432. The van der Waals surface area contributed by atoms with Crippen LogP contribution >= 0.6 is 0 Å². The number of aryl methyl sites for hydroxylation is 1. The summed E-state index contributed by atoms with van der Waals surface area (Å²) in [6.45, 7) is 3.77. The fourth-order valence-electron chi connectivity index (χ4n) is 1.59. The number of amides is 2. The van der Waals surface area contributed by atoms with Crippen molar-refractivity contribution in [3.8, 4) is 0 Å². The molecule has 3 N–H and O–H groups in total. The maximum Gasteiger partial charge on any atom is 0.326 e. The minimum absolute atomic E-state index is 0.302. The van der Waals surface area contributed by atoms with Crippen LogP contribution in [0.2, 0.25) is 0 Å². The van der Waals surface area contributed by atoms with Gasteiger partial charge in [-0.25, -0.2) is 9.59 Å². The second-order valence-electron chi connectivity index (χ2n) is 4.06. The van der Waals surface area contributed by atoms with Crippen LogP contribution in [0.5, 0.6) is 0 Å². The lowest BCUT2D eigenvalue weighted by atomic mass is 10.1. The molecule has 19 heavy (non-hydrogen) atoms. The van der Waals surface area contributed by atoms with Gasteiger partial charge in [-0.3, -0.25) is 0 Å². The van der Waals surface area contributed by atoms with Crippen LogP contribution in [-0.4, -0.2) is 29.7 Å². The second-order valence-corrected chi connectivity index (χ2v) is 4.06. The lowest BCUT2D eigenvalue weighted by molar-refractivity contribution is -0.139. The van der Waals surface area contributed by atoms with Crippen LogP contribution < -0.4 is 10.6 Å². The first-order chi connectivity index (χ1) is 9.13. The number of carbonyl (C=O) groups excluding carboxylic acids is 1. The molecule has 0 unspecified atom stereocenters. The van der Waals surface area contributed by atoms with Crippen molar-refractivity contribution in [2.75, 3.05) is 6.54 Å². The highest BCUT2D eigenvalue weighted by atomic mass is 16.4.